The molecule has 3 amide bonds. The lowest BCUT2D eigenvalue weighted by molar-refractivity contribution is -0.140. The van der Waals surface area contributed by atoms with E-state index in [0.29, 0.717) is 24.2 Å². The quantitative estimate of drug-likeness (QED) is 0.208. The maximum Gasteiger partial charge on any atom is 0.408 e. The number of carbonyl (C=O) groups is 3. The molecular formula is C33H43N3O5. The van der Waals surface area contributed by atoms with Crippen LogP contribution in [0.15, 0.2) is 66.7 Å². The fraction of sp³-hybridized carbons (Fsp3) is 0.424. The summed E-state index contributed by atoms with van der Waals surface area (Å²) in [5.74, 6) is -0.855. The Morgan fingerprint density at radius 2 is 1.61 bits per heavy atom. The first-order valence-corrected chi connectivity index (χ1v) is 14.4. The molecule has 0 spiro atoms. The summed E-state index contributed by atoms with van der Waals surface area (Å²) in [7, 11) is 0. The molecule has 0 fully saturated rings. The number of rotatable bonds is 12. The molecule has 0 aromatic heterocycles. The van der Waals surface area contributed by atoms with Crippen LogP contribution in [0.5, 0.6) is 5.75 Å². The van der Waals surface area contributed by atoms with Gasteiger partial charge in [-0.1, -0.05) is 75.1 Å². The van der Waals surface area contributed by atoms with Crippen LogP contribution >= 0.6 is 0 Å². The smallest absolute Gasteiger partial charge is 0.408 e. The van der Waals surface area contributed by atoms with Gasteiger partial charge in [-0.2, -0.15) is 0 Å². The van der Waals surface area contributed by atoms with Crippen LogP contribution in [0.3, 0.4) is 0 Å². The third-order valence-electron chi connectivity index (χ3n) is 6.65. The molecule has 0 bridgehead atoms. The summed E-state index contributed by atoms with van der Waals surface area (Å²) in [4.78, 5) is 41.9. The number of alkyl carbamates (subject to hydrolysis) is 1. The van der Waals surface area contributed by atoms with E-state index in [0.717, 1.165) is 36.5 Å². The number of phenols is 1. The van der Waals surface area contributed by atoms with Gasteiger partial charge in [-0.25, -0.2) is 4.79 Å². The minimum atomic E-state index is -1.05. The van der Waals surface area contributed by atoms with Gasteiger partial charge in [-0.3, -0.25) is 9.59 Å². The minimum absolute atomic E-state index is 0.0127. The van der Waals surface area contributed by atoms with Crippen molar-refractivity contribution in [2.24, 2.45) is 0 Å². The van der Waals surface area contributed by atoms with Crippen molar-refractivity contribution in [3.8, 4) is 5.75 Å². The molecule has 0 saturated heterocycles. The van der Waals surface area contributed by atoms with E-state index >= 15 is 0 Å². The van der Waals surface area contributed by atoms with Gasteiger partial charge in [0.1, 0.15) is 23.4 Å². The second-order valence-electron chi connectivity index (χ2n) is 11.4. The number of anilines is 1. The molecule has 2 unspecified atom stereocenters. The first-order valence-electron chi connectivity index (χ1n) is 14.4. The number of unbranched alkanes of at least 4 members (excludes halogenated alkanes) is 4. The topological polar surface area (TPSA) is 108 Å². The summed E-state index contributed by atoms with van der Waals surface area (Å²) >= 11 is 0. The van der Waals surface area contributed by atoms with Crippen molar-refractivity contribution in [1.82, 2.24) is 10.2 Å². The molecular weight excluding hydrogens is 518 g/mol. The molecule has 0 radical (unpaired) electrons. The van der Waals surface area contributed by atoms with Gasteiger partial charge in [0.05, 0.1) is 0 Å². The van der Waals surface area contributed by atoms with Crippen molar-refractivity contribution in [3.63, 3.8) is 0 Å². The Balaban J connectivity index is 1.94. The molecule has 0 heterocycles. The molecule has 220 valence electrons. The highest BCUT2D eigenvalue weighted by atomic mass is 16.6. The van der Waals surface area contributed by atoms with Gasteiger partial charge in [0, 0.05) is 12.2 Å². The highest BCUT2D eigenvalue weighted by Crippen LogP contribution is 2.28. The van der Waals surface area contributed by atoms with Gasteiger partial charge in [0.2, 0.25) is 5.91 Å². The molecule has 2 atom stereocenters. The van der Waals surface area contributed by atoms with Crippen molar-refractivity contribution >= 4 is 34.4 Å². The third kappa shape index (κ3) is 9.52. The van der Waals surface area contributed by atoms with E-state index in [2.05, 4.69) is 17.6 Å². The first-order chi connectivity index (χ1) is 19.5. The van der Waals surface area contributed by atoms with Crippen molar-refractivity contribution in [1.29, 1.82) is 0 Å². The molecule has 3 aromatic rings. The Bertz CT molecular complexity index is 1330. The number of phenolic OH excluding ortho intramolecular Hbond substituents is 1. The highest BCUT2D eigenvalue weighted by Gasteiger charge is 2.34. The SMILES string of the molecule is CCCCCCCN(C(=O)C(C)NC(=O)OC(C)(C)C)C(C(=O)Nc1ccc2ccccc2c1)c1cccc(O)c1. The summed E-state index contributed by atoms with van der Waals surface area (Å²) < 4.78 is 5.35. The molecule has 3 rings (SSSR count). The fourth-order valence-corrected chi connectivity index (χ4v) is 4.69. The number of amides is 3. The predicted octanol–water partition coefficient (Wildman–Crippen LogP) is 6.94. The van der Waals surface area contributed by atoms with E-state index in [1.54, 1.807) is 39.8 Å². The zero-order valence-electron chi connectivity index (χ0n) is 24.8. The first kappa shape index (κ1) is 31.5. The molecule has 8 heteroatoms. The van der Waals surface area contributed by atoms with Gasteiger partial charge < -0.3 is 25.4 Å². The van der Waals surface area contributed by atoms with E-state index in [4.69, 9.17) is 4.74 Å². The highest BCUT2D eigenvalue weighted by molar-refractivity contribution is 6.00. The largest absolute Gasteiger partial charge is 0.508 e. The zero-order valence-corrected chi connectivity index (χ0v) is 24.8. The number of carbonyl (C=O) groups excluding carboxylic acids is 3. The van der Waals surface area contributed by atoms with Crippen LogP contribution < -0.4 is 10.6 Å². The maximum atomic E-state index is 14.0. The Kier molecular flexibility index (Phi) is 11.1. The van der Waals surface area contributed by atoms with Crippen molar-refractivity contribution < 1.29 is 24.2 Å². The lowest BCUT2D eigenvalue weighted by Gasteiger charge is -2.34. The number of hydrogen-bond acceptors (Lipinski definition) is 5. The Morgan fingerprint density at radius 1 is 0.902 bits per heavy atom. The van der Waals surface area contributed by atoms with Crippen LogP contribution in [0.1, 0.15) is 78.3 Å². The average Bonchev–Trinajstić information content (AvgIpc) is 2.90. The number of ether oxygens (including phenoxy) is 1. The second kappa shape index (κ2) is 14.5. The number of benzene rings is 3. The fourth-order valence-electron chi connectivity index (χ4n) is 4.69. The van der Waals surface area contributed by atoms with E-state index < -0.39 is 35.6 Å². The molecule has 0 saturated carbocycles. The lowest BCUT2D eigenvalue weighted by atomic mass is 10.0. The van der Waals surface area contributed by atoms with Crippen LogP contribution in [0, 0.1) is 0 Å². The molecule has 3 N–H and O–H groups in total. The van der Waals surface area contributed by atoms with Crippen molar-refractivity contribution in [2.75, 3.05) is 11.9 Å². The standard InChI is InChI=1S/C33H43N3O5/c1-6-7-8-9-12-20-36(31(39)23(2)34-32(40)41-33(3,4)5)29(26-16-13-17-28(37)22-26)30(38)35-27-19-18-24-14-10-11-15-25(24)21-27/h10-11,13-19,21-23,29,37H,6-9,12,20H2,1-5H3,(H,34,40)(H,35,38). The number of hydrogen-bond donors (Lipinski definition) is 3. The van der Waals surface area contributed by atoms with Gasteiger partial charge >= 0.3 is 6.09 Å². The Hall–Kier alpha value is -4.07. The van der Waals surface area contributed by atoms with Crippen LogP contribution in [0.25, 0.3) is 10.8 Å². The summed E-state index contributed by atoms with van der Waals surface area (Å²) in [6, 6.07) is 17.9. The van der Waals surface area contributed by atoms with Crippen molar-refractivity contribution in [2.45, 2.75) is 84.4 Å². The lowest BCUT2D eigenvalue weighted by Crippen LogP contribution is -2.51. The monoisotopic (exact) mass is 561 g/mol. The Labute approximate surface area is 243 Å². The predicted molar refractivity (Wildman–Crippen MR) is 163 cm³/mol. The van der Waals surface area contributed by atoms with Crippen LogP contribution in [0.4, 0.5) is 10.5 Å². The number of fused-ring (bicyclic) bond motifs is 1. The number of nitrogens with one attached hydrogen (secondary N) is 2. The van der Waals surface area contributed by atoms with Crippen LogP contribution in [-0.4, -0.2) is 46.1 Å². The van der Waals surface area contributed by atoms with Crippen LogP contribution in [-0.2, 0) is 14.3 Å². The average molecular weight is 562 g/mol. The van der Waals surface area contributed by atoms with E-state index in [1.807, 2.05) is 42.5 Å². The van der Waals surface area contributed by atoms with E-state index in [1.165, 1.54) is 17.0 Å². The summed E-state index contributed by atoms with van der Waals surface area (Å²) in [5, 5.41) is 17.9. The Morgan fingerprint density at radius 3 is 2.29 bits per heavy atom. The molecule has 3 aromatic carbocycles. The molecule has 0 aliphatic heterocycles. The summed E-state index contributed by atoms with van der Waals surface area (Å²) in [6.45, 7) is 9.25. The normalized spacial score (nSPS) is 12.8. The van der Waals surface area contributed by atoms with E-state index in [9.17, 15) is 19.5 Å². The molecule has 0 aliphatic rings. The second-order valence-corrected chi connectivity index (χ2v) is 11.4. The van der Waals surface area contributed by atoms with Gasteiger partial charge in [-0.15, -0.1) is 0 Å². The molecule has 41 heavy (non-hydrogen) atoms. The van der Waals surface area contributed by atoms with E-state index in [-0.39, 0.29) is 5.75 Å². The zero-order chi connectivity index (χ0) is 30.0. The number of nitrogens with zero attached hydrogens (tertiary/aromatic N) is 1. The third-order valence-corrected chi connectivity index (χ3v) is 6.65. The van der Waals surface area contributed by atoms with Crippen LogP contribution in [0.2, 0.25) is 0 Å². The van der Waals surface area contributed by atoms with Gasteiger partial charge in [0.15, 0.2) is 0 Å². The van der Waals surface area contributed by atoms with Gasteiger partial charge in [-0.05, 0) is 74.7 Å². The maximum absolute atomic E-state index is 14.0. The number of aromatic hydroxyl groups is 1. The van der Waals surface area contributed by atoms with Crippen molar-refractivity contribution in [3.05, 3.63) is 72.3 Å². The summed E-state index contributed by atoms with van der Waals surface area (Å²) in [6.07, 6.45) is 4.05. The molecule has 0 aliphatic carbocycles. The minimum Gasteiger partial charge on any atom is -0.508 e. The summed E-state index contributed by atoms with van der Waals surface area (Å²) in [5.41, 5.74) is 0.333. The van der Waals surface area contributed by atoms with Gasteiger partial charge in [0.25, 0.3) is 5.91 Å². The molecule has 8 nitrogen and oxygen atoms in total.